The zero-order chi connectivity index (χ0) is 9.68. The lowest BCUT2D eigenvalue weighted by Gasteiger charge is -2.15. The van der Waals surface area contributed by atoms with E-state index in [0.29, 0.717) is 12.5 Å². The van der Waals surface area contributed by atoms with E-state index in [4.69, 9.17) is 5.73 Å². The molecule has 1 aliphatic carbocycles. The zero-order valence-electron chi connectivity index (χ0n) is 8.28. The van der Waals surface area contributed by atoms with Crippen LogP contribution in [0.15, 0.2) is 34.1 Å². The summed E-state index contributed by atoms with van der Waals surface area (Å²) in [5, 5.41) is 0. The van der Waals surface area contributed by atoms with E-state index < -0.39 is 0 Å². The average Bonchev–Trinajstić information content (AvgIpc) is 2.20. The summed E-state index contributed by atoms with van der Waals surface area (Å²) in [6, 6.07) is 0. The van der Waals surface area contributed by atoms with Gasteiger partial charge in [-0.3, -0.25) is 0 Å². The van der Waals surface area contributed by atoms with Gasteiger partial charge in [0.05, 0.1) is 0 Å². The highest BCUT2D eigenvalue weighted by Crippen LogP contribution is 2.23. The fraction of sp³-hybridized carbons (Fsp3) is 0.500. The lowest BCUT2D eigenvalue weighted by molar-refractivity contribution is 0.576. The highest BCUT2D eigenvalue weighted by atomic mass is 14.5. The van der Waals surface area contributed by atoms with Crippen LogP contribution < -0.4 is 5.73 Å². The van der Waals surface area contributed by atoms with Crippen molar-refractivity contribution in [2.24, 2.45) is 11.7 Å². The molecule has 0 aromatic carbocycles. The molecule has 68 valence electrons. The summed E-state index contributed by atoms with van der Waals surface area (Å²) in [5.74, 6) is 0.542. The van der Waals surface area contributed by atoms with Crippen molar-refractivity contribution in [3.05, 3.63) is 34.1 Å². The topological polar surface area (TPSA) is 26.0 Å². The third-order valence-electron chi connectivity index (χ3n) is 2.40. The van der Waals surface area contributed by atoms with Gasteiger partial charge < -0.3 is 5.73 Å². The van der Waals surface area contributed by atoms with Gasteiger partial charge in [-0.1, -0.05) is 25.3 Å². The van der Waals surface area contributed by atoms with Crippen molar-refractivity contribution >= 4 is 0 Å². The summed E-state index contributed by atoms with van der Waals surface area (Å²) in [5.41, 5.74) is 19.5. The molecule has 0 atom stereocenters. The van der Waals surface area contributed by atoms with Crippen molar-refractivity contribution in [3.8, 4) is 0 Å². The summed E-state index contributed by atoms with van der Waals surface area (Å²) in [7, 11) is 0. The fourth-order valence-corrected chi connectivity index (χ4v) is 1.55. The molecule has 0 bridgehead atoms. The Kier molecular flexibility index (Phi) is 3.62. The largest absolute Gasteiger partial charge is 0.326 e. The van der Waals surface area contributed by atoms with Crippen molar-refractivity contribution in [2.75, 3.05) is 6.54 Å². The lowest BCUT2D eigenvalue weighted by Crippen LogP contribution is -2.11. The van der Waals surface area contributed by atoms with Gasteiger partial charge in [0.15, 0.2) is 0 Å². The normalized spacial score (nSPS) is 13.5. The Morgan fingerprint density at radius 3 is 2.31 bits per heavy atom. The fourth-order valence-electron chi connectivity index (χ4n) is 1.55. The van der Waals surface area contributed by atoms with Crippen molar-refractivity contribution in [2.45, 2.75) is 26.7 Å². The van der Waals surface area contributed by atoms with Gasteiger partial charge in [0.2, 0.25) is 0 Å². The predicted octanol–water partition coefficient (Wildman–Crippen LogP) is 2.31. The van der Waals surface area contributed by atoms with Crippen LogP contribution in [-0.4, -0.2) is 6.54 Å². The standard InChI is InChI=1S/C12H15N/c1-3-10(4-2)12-8-6-5-7-11(12)9-13/h10H,3-4,9,13H2,1-2H3. The van der Waals surface area contributed by atoms with Crippen molar-refractivity contribution in [1.29, 1.82) is 0 Å². The van der Waals surface area contributed by atoms with Crippen LogP contribution in [0.4, 0.5) is 0 Å². The maximum atomic E-state index is 5.61. The van der Waals surface area contributed by atoms with E-state index in [0.717, 1.165) is 18.4 Å². The molecule has 0 aliphatic heterocycles. The molecule has 1 rings (SSSR count). The van der Waals surface area contributed by atoms with Gasteiger partial charge in [0.25, 0.3) is 0 Å². The Morgan fingerprint density at radius 1 is 1.15 bits per heavy atom. The second-order valence-corrected chi connectivity index (χ2v) is 3.11. The lowest BCUT2D eigenvalue weighted by atomic mass is 9.88. The van der Waals surface area contributed by atoms with Crippen LogP contribution in [0.3, 0.4) is 0 Å². The van der Waals surface area contributed by atoms with E-state index in [-0.39, 0.29) is 0 Å². The molecule has 1 nitrogen and oxygen atoms in total. The first-order valence-electron chi connectivity index (χ1n) is 4.78. The van der Waals surface area contributed by atoms with E-state index in [2.05, 4.69) is 36.8 Å². The minimum atomic E-state index is 0.521. The Hall–Kier alpha value is -1.18. The van der Waals surface area contributed by atoms with Gasteiger partial charge in [-0.2, -0.15) is 0 Å². The molecule has 0 aromatic rings. The molecule has 1 aliphatic rings. The molecule has 0 amide bonds. The van der Waals surface area contributed by atoms with Crippen LogP contribution >= 0.6 is 0 Å². The maximum absolute atomic E-state index is 5.61. The van der Waals surface area contributed by atoms with Crippen molar-refractivity contribution in [1.82, 2.24) is 0 Å². The Morgan fingerprint density at radius 2 is 1.77 bits per heavy atom. The summed E-state index contributed by atoms with van der Waals surface area (Å²) in [4.78, 5) is 0. The third kappa shape index (κ3) is 2.14. The first-order valence-corrected chi connectivity index (χ1v) is 4.78. The molecule has 0 radical (unpaired) electrons. The highest BCUT2D eigenvalue weighted by molar-refractivity contribution is 5.34. The number of hydrogen-bond donors (Lipinski definition) is 1. The molecule has 2 N–H and O–H groups in total. The molecule has 0 heterocycles. The Bertz CT molecular complexity index is 347. The van der Waals surface area contributed by atoms with Gasteiger partial charge in [0.1, 0.15) is 0 Å². The highest BCUT2D eigenvalue weighted by Gasteiger charge is 2.13. The van der Waals surface area contributed by atoms with Gasteiger partial charge in [-0.15, -0.1) is 0 Å². The van der Waals surface area contributed by atoms with Crippen molar-refractivity contribution in [3.63, 3.8) is 0 Å². The summed E-state index contributed by atoms with van der Waals surface area (Å²) >= 11 is 0. The first-order chi connectivity index (χ1) is 6.33. The van der Waals surface area contributed by atoms with E-state index in [9.17, 15) is 0 Å². The zero-order valence-corrected chi connectivity index (χ0v) is 8.28. The molecule has 13 heavy (non-hydrogen) atoms. The Balaban J connectivity index is 3.01. The molecular formula is C12H15N. The number of hydrogen-bond acceptors (Lipinski definition) is 1. The van der Waals surface area contributed by atoms with E-state index in [1.165, 1.54) is 5.57 Å². The van der Waals surface area contributed by atoms with Crippen LogP contribution in [0.5, 0.6) is 0 Å². The molecule has 0 fully saturated rings. The van der Waals surface area contributed by atoms with Crippen LogP contribution in [0, 0.1) is 5.92 Å². The van der Waals surface area contributed by atoms with Gasteiger partial charge >= 0.3 is 0 Å². The summed E-state index contributed by atoms with van der Waals surface area (Å²) < 4.78 is 0. The molecule has 1 heteroatoms. The molecule has 0 spiro atoms. The second-order valence-electron chi connectivity index (χ2n) is 3.11. The third-order valence-corrected chi connectivity index (χ3v) is 2.40. The van der Waals surface area contributed by atoms with Crippen molar-refractivity contribution < 1.29 is 0 Å². The molecular weight excluding hydrogens is 158 g/mol. The van der Waals surface area contributed by atoms with E-state index in [1.54, 1.807) is 0 Å². The smallest absolute Gasteiger partial charge is 0.0285 e. The van der Waals surface area contributed by atoms with Gasteiger partial charge in [-0.25, -0.2) is 0 Å². The monoisotopic (exact) mass is 173 g/mol. The molecule has 0 saturated carbocycles. The summed E-state index contributed by atoms with van der Waals surface area (Å²) in [6.45, 7) is 4.88. The predicted molar refractivity (Wildman–Crippen MR) is 54.2 cm³/mol. The van der Waals surface area contributed by atoms with Crippen LogP contribution in [-0.2, 0) is 0 Å². The quantitative estimate of drug-likeness (QED) is 0.649. The minimum Gasteiger partial charge on any atom is -0.326 e. The molecule has 0 saturated heterocycles. The number of rotatable bonds is 4. The minimum absolute atomic E-state index is 0.521. The summed E-state index contributed by atoms with van der Waals surface area (Å²) in [6.07, 6.45) is 2.23. The second kappa shape index (κ2) is 4.75. The Labute approximate surface area is 79.6 Å². The van der Waals surface area contributed by atoms with Crippen LogP contribution in [0.2, 0.25) is 0 Å². The van der Waals surface area contributed by atoms with E-state index in [1.807, 2.05) is 0 Å². The number of nitrogens with two attached hydrogens (primary N) is 1. The average molecular weight is 173 g/mol. The van der Waals surface area contributed by atoms with Gasteiger partial charge in [-0.05, 0) is 30.2 Å². The van der Waals surface area contributed by atoms with Crippen LogP contribution in [0.1, 0.15) is 26.7 Å². The van der Waals surface area contributed by atoms with Crippen LogP contribution in [0.25, 0.3) is 0 Å². The SMILES string of the molecule is CCC(CC)C1=C=C=C=C=C1CN. The maximum Gasteiger partial charge on any atom is 0.0285 e. The van der Waals surface area contributed by atoms with Gasteiger partial charge in [0, 0.05) is 17.7 Å². The first kappa shape index (κ1) is 9.90. The molecule has 0 aromatic heterocycles. The molecule has 0 unspecified atom stereocenters. The van der Waals surface area contributed by atoms with E-state index >= 15 is 0 Å².